The monoisotopic (exact) mass is 420 g/mol. The Balaban J connectivity index is 1.48. The van der Waals surface area contributed by atoms with E-state index in [9.17, 15) is 9.59 Å². The molecule has 4 rings (SSSR count). The number of hydrogen-bond donors (Lipinski definition) is 1. The first-order chi connectivity index (χ1) is 15.0. The van der Waals surface area contributed by atoms with Crippen LogP contribution in [-0.2, 0) is 16.0 Å². The van der Waals surface area contributed by atoms with Crippen LogP contribution in [0.4, 0.5) is 0 Å². The van der Waals surface area contributed by atoms with Crippen molar-refractivity contribution < 1.29 is 24.2 Å². The molecule has 7 heteroatoms. The van der Waals surface area contributed by atoms with Gasteiger partial charge in [0, 0.05) is 22.8 Å². The molecule has 0 saturated heterocycles. The van der Waals surface area contributed by atoms with Crippen LogP contribution in [0, 0.1) is 6.92 Å². The summed E-state index contributed by atoms with van der Waals surface area (Å²) in [5.41, 5.74) is 2.70. The Hall–Kier alpha value is -3.74. The van der Waals surface area contributed by atoms with Crippen LogP contribution in [0.15, 0.2) is 61.0 Å². The van der Waals surface area contributed by atoms with E-state index >= 15 is 0 Å². The third kappa shape index (κ3) is 4.55. The number of carbonyl (C=O) groups excluding carboxylic acids is 1. The van der Waals surface area contributed by atoms with Crippen molar-refractivity contribution in [1.82, 2.24) is 9.47 Å². The van der Waals surface area contributed by atoms with Crippen LogP contribution < -0.4 is 4.74 Å². The van der Waals surface area contributed by atoms with Crippen LogP contribution in [0.2, 0.25) is 0 Å². The average molecular weight is 420 g/mol. The molecule has 0 spiro atoms. The molecule has 1 aliphatic rings. The van der Waals surface area contributed by atoms with Gasteiger partial charge < -0.3 is 19.5 Å². The lowest BCUT2D eigenvalue weighted by Gasteiger charge is -2.23. The Kier molecular flexibility index (Phi) is 5.93. The van der Waals surface area contributed by atoms with Gasteiger partial charge in [-0.15, -0.1) is 0 Å². The van der Waals surface area contributed by atoms with Gasteiger partial charge in [0.2, 0.25) is 0 Å². The van der Waals surface area contributed by atoms with Crippen molar-refractivity contribution in [2.45, 2.75) is 13.3 Å². The molecular weight excluding hydrogens is 396 g/mol. The third-order valence-electron chi connectivity index (χ3n) is 5.28. The summed E-state index contributed by atoms with van der Waals surface area (Å²) in [6.07, 6.45) is 3.50. The van der Waals surface area contributed by atoms with Gasteiger partial charge in [-0.1, -0.05) is 12.1 Å². The molecule has 2 heterocycles. The second kappa shape index (κ2) is 8.95. The van der Waals surface area contributed by atoms with Gasteiger partial charge in [0.05, 0.1) is 31.3 Å². The van der Waals surface area contributed by atoms with Crippen LogP contribution in [0.5, 0.6) is 5.75 Å². The van der Waals surface area contributed by atoms with Crippen molar-refractivity contribution in [3.8, 4) is 5.75 Å². The second-order valence-electron chi connectivity index (χ2n) is 7.41. The summed E-state index contributed by atoms with van der Waals surface area (Å²) in [5, 5.41) is 9.94. The molecule has 0 atom stereocenters. The van der Waals surface area contributed by atoms with E-state index in [0.29, 0.717) is 35.6 Å². The third-order valence-corrected chi connectivity index (χ3v) is 5.28. The zero-order valence-electron chi connectivity index (χ0n) is 17.3. The molecule has 1 aliphatic heterocycles. The van der Waals surface area contributed by atoms with Crippen LogP contribution in [0.1, 0.15) is 21.6 Å². The van der Waals surface area contributed by atoms with Crippen molar-refractivity contribution in [3.63, 3.8) is 0 Å². The zero-order chi connectivity index (χ0) is 21.8. The predicted molar refractivity (Wildman–Crippen MR) is 116 cm³/mol. The van der Waals surface area contributed by atoms with Crippen LogP contribution >= 0.6 is 0 Å². The molecule has 0 radical (unpaired) electrons. The molecule has 1 aromatic heterocycles. The molecule has 0 aliphatic carbocycles. The minimum Gasteiger partial charge on any atom is -0.498 e. The van der Waals surface area contributed by atoms with E-state index in [1.54, 1.807) is 47.2 Å². The Morgan fingerprint density at radius 3 is 2.68 bits per heavy atom. The van der Waals surface area contributed by atoms with Gasteiger partial charge in [0.25, 0.3) is 5.91 Å². The Morgan fingerprint density at radius 1 is 1.16 bits per heavy atom. The van der Waals surface area contributed by atoms with E-state index in [-0.39, 0.29) is 12.3 Å². The van der Waals surface area contributed by atoms with E-state index in [1.165, 1.54) is 0 Å². The summed E-state index contributed by atoms with van der Waals surface area (Å²) in [6, 6.07) is 14.3. The van der Waals surface area contributed by atoms with Gasteiger partial charge >= 0.3 is 5.97 Å². The maximum Gasteiger partial charge on any atom is 0.307 e. The van der Waals surface area contributed by atoms with Gasteiger partial charge in [0.15, 0.2) is 0 Å². The highest BCUT2D eigenvalue weighted by atomic mass is 16.5. The highest BCUT2D eigenvalue weighted by Crippen LogP contribution is 2.25. The molecule has 160 valence electrons. The molecule has 31 heavy (non-hydrogen) atoms. The Labute approximate surface area is 180 Å². The van der Waals surface area contributed by atoms with Crippen molar-refractivity contribution in [2.75, 3.05) is 26.3 Å². The quantitative estimate of drug-likeness (QED) is 0.631. The number of carboxylic acids is 1. The number of ether oxygens (including phenoxy) is 2. The number of rotatable bonds is 7. The van der Waals surface area contributed by atoms with Crippen molar-refractivity contribution in [1.29, 1.82) is 0 Å². The average Bonchev–Trinajstić information content (AvgIpc) is 3.11. The van der Waals surface area contributed by atoms with E-state index in [1.807, 2.05) is 25.3 Å². The normalized spacial score (nSPS) is 13.3. The number of nitrogens with zero attached hydrogens (tertiary/aromatic N) is 2. The minimum atomic E-state index is -0.899. The van der Waals surface area contributed by atoms with Crippen molar-refractivity contribution >= 4 is 22.8 Å². The van der Waals surface area contributed by atoms with Crippen LogP contribution in [0.25, 0.3) is 10.9 Å². The van der Waals surface area contributed by atoms with E-state index in [2.05, 4.69) is 4.90 Å². The maximum atomic E-state index is 13.2. The van der Waals surface area contributed by atoms with E-state index in [0.717, 1.165) is 24.2 Å². The summed E-state index contributed by atoms with van der Waals surface area (Å²) in [4.78, 5) is 26.5. The molecule has 3 aromatic rings. The molecule has 0 saturated carbocycles. The topological polar surface area (TPSA) is 81.0 Å². The summed E-state index contributed by atoms with van der Waals surface area (Å²) < 4.78 is 12.6. The zero-order valence-corrected chi connectivity index (χ0v) is 17.3. The maximum absolute atomic E-state index is 13.2. The standard InChI is InChI=1S/C24H24N2O5/c1-17-15-21-19(16-23(27)28)3-2-4-22(21)26(17)24(29)18-5-7-20(8-6-18)31-14-11-25-9-12-30-13-10-25/h2-9,12,15H,10-11,13-14,16H2,1H3,(H,27,28). The van der Waals surface area contributed by atoms with Gasteiger partial charge in [-0.3, -0.25) is 14.2 Å². The number of hydrogen-bond acceptors (Lipinski definition) is 5. The van der Waals surface area contributed by atoms with E-state index < -0.39 is 5.97 Å². The smallest absolute Gasteiger partial charge is 0.307 e. The van der Waals surface area contributed by atoms with Gasteiger partial charge in [0.1, 0.15) is 19.0 Å². The van der Waals surface area contributed by atoms with Crippen LogP contribution in [-0.4, -0.2) is 52.8 Å². The molecular formula is C24H24N2O5. The highest BCUT2D eigenvalue weighted by molar-refractivity contribution is 6.04. The highest BCUT2D eigenvalue weighted by Gasteiger charge is 2.17. The minimum absolute atomic E-state index is 0.0821. The summed E-state index contributed by atoms with van der Waals surface area (Å²) in [6.45, 7) is 4.66. The molecule has 0 bridgehead atoms. The first kappa shape index (κ1) is 20.5. The molecule has 0 unspecified atom stereocenters. The fourth-order valence-electron chi connectivity index (χ4n) is 3.74. The predicted octanol–water partition coefficient (Wildman–Crippen LogP) is 3.45. The number of carbonyl (C=O) groups is 2. The molecule has 0 fully saturated rings. The number of aryl methyl sites for hydroxylation is 1. The number of benzene rings is 2. The van der Waals surface area contributed by atoms with Crippen molar-refractivity contribution in [3.05, 3.63) is 77.8 Å². The fourth-order valence-corrected chi connectivity index (χ4v) is 3.74. The summed E-state index contributed by atoms with van der Waals surface area (Å²) in [7, 11) is 0. The number of aliphatic carboxylic acids is 1. The molecule has 2 aromatic carbocycles. The molecule has 7 nitrogen and oxygen atoms in total. The van der Waals surface area contributed by atoms with Gasteiger partial charge in [-0.25, -0.2) is 0 Å². The SMILES string of the molecule is Cc1cc2c(CC(=O)O)cccc2n1C(=O)c1ccc(OCCN2C=COCC2)cc1. The Bertz CT molecular complexity index is 1130. The molecule has 1 N–H and O–H groups in total. The number of carboxylic acid groups (broad SMARTS) is 1. The lowest BCUT2D eigenvalue weighted by Crippen LogP contribution is -2.29. The van der Waals surface area contributed by atoms with Gasteiger partial charge in [-0.05, 0) is 48.9 Å². The summed E-state index contributed by atoms with van der Waals surface area (Å²) in [5.74, 6) is -0.360. The van der Waals surface area contributed by atoms with E-state index in [4.69, 9.17) is 14.6 Å². The lowest BCUT2D eigenvalue weighted by atomic mass is 10.1. The molecule has 0 amide bonds. The van der Waals surface area contributed by atoms with Gasteiger partial charge in [-0.2, -0.15) is 0 Å². The van der Waals surface area contributed by atoms with Crippen molar-refractivity contribution in [2.24, 2.45) is 0 Å². The number of fused-ring (bicyclic) bond motifs is 1. The fraction of sp³-hybridized carbons (Fsp3) is 0.250. The first-order valence-electron chi connectivity index (χ1n) is 10.1. The first-order valence-corrected chi connectivity index (χ1v) is 10.1. The largest absolute Gasteiger partial charge is 0.498 e. The lowest BCUT2D eigenvalue weighted by molar-refractivity contribution is -0.136. The van der Waals surface area contributed by atoms with Crippen LogP contribution in [0.3, 0.4) is 0 Å². The number of aromatic nitrogens is 1. The Morgan fingerprint density at radius 2 is 1.97 bits per heavy atom. The second-order valence-corrected chi connectivity index (χ2v) is 7.41. The summed E-state index contributed by atoms with van der Waals surface area (Å²) >= 11 is 0.